The minimum atomic E-state index is -0.539. The fourth-order valence-electron chi connectivity index (χ4n) is 2.01. The van der Waals surface area contributed by atoms with Gasteiger partial charge in [-0.1, -0.05) is 0 Å². The fourth-order valence-corrected chi connectivity index (χ4v) is 2.01. The molecule has 1 saturated carbocycles. The standard InChI is InChI=1S/C17H15FN2O3/c18-14-7-5-12(10-15(14)20-17(22)11-3-4-11)19-16(21)8-6-13-2-1-9-23-13/h1-2,5-11H,3-4H2,(H,19,21)(H,20,22). The van der Waals surface area contributed by atoms with Gasteiger partial charge in [-0.2, -0.15) is 0 Å². The summed E-state index contributed by atoms with van der Waals surface area (Å²) in [7, 11) is 0. The van der Waals surface area contributed by atoms with Crippen LogP contribution in [0.25, 0.3) is 6.08 Å². The van der Waals surface area contributed by atoms with Crippen molar-refractivity contribution in [1.82, 2.24) is 0 Å². The van der Waals surface area contributed by atoms with Crippen molar-refractivity contribution in [3.63, 3.8) is 0 Å². The maximum Gasteiger partial charge on any atom is 0.248 e. The number of benzene rings is 1. The second kappa shape index (κ2) is 6.48. The van der Waals surface area contributed by atoms with Crippen LogP contribution in [-0.4, -0.2) is 11.8 Å². The Balaban J connectivity index is 1.65. The zero-order chi connectivity index (χ0) is 16.2. The van der Waals surface area contributed by atoms with Gasteiger partial charge in [-0.15, -0.1) is 0 Å². The Morgan fingerprint density at radius 2 is 2.04 bits per heavy atom. The highest BCUT2D eigenvalue weighted by Gasteiger charge is 2.30. The van der Waals surface area contributed by atoms with E-state index in [1.54, 1.807) is 12.1 Å². The minimum absolute atomic E-state index is 0.0242. The molecule has 0 spiro atoms. The zero-order valence-corrected chi connectivity index (χ0v) is 12.2. The van der Waals surface area contributed by atoms with Gasteiger partial charge in [-0.25, -0.2) is 4.39 Å². The quantitative estimate of drug-likeness (QED) is 0.831. The van der Waals surface area contributed by atoms with Crippen LogP contribution in [-0.2, 0) is 9.59 Å². The molecule has 1 aliphatic rings. The van der Waals surface area contributed by atoms with E-state index in [4.69, 9.17) is 4.42 Å². The number of anilines is 2. The number of furan rings is 1. The Morgan fingerprint density at radius 3 is 2.74 bits per heavy atom. The van der Waals surface area contributed by atoms with E-state index in [1.165, 1.54) is 36.6 Å². The highest BCUT2D eigenvalue weighted by molar-refractivity contribution is 6.02. The van der Waals surface area contributed by atoms with Gasteiger partial charge in [0.1, 0.15) is 11.6 Å². The summed E-state index contributed by atoms with van der Waals surface area (Å²) in [6, 6.07) is 7.46. The monoisotopic (exact) mass is 314 g/mol. The Bertz CT molecular complexity index is 749. The van der Waals surface area contributed by atoms with Gasteiger partial charge in [0.25, 0.3) is 0 Å². The lowest BCUT2D eigenvalue weighted by atomic mass is 10.2. The van der Waals surface area contributed by atoms with E-state index >= 15 is 0 Å². The molecule has 23 heavy (non-hydrogen) atoms. The van der Waals surface area contributed by atoms with Crippen molar-refractivity contribution in [2.24, 2.45) is 5.92 Å². The minimum Gasteiger partial charge on any atom is -0.465 e. The van der Waals surface area contributed by atoms with Crippen molar-refractivity contribution in [2.75, 3.05) is 10.6 Å². The van der Waals surface area contributed by atoms with E-state index in [0.717, 1.165) is 12.8 Å². The SMILES string of the molecule is O=C(C=Cc1ccco1)Nc1ccc(F)c(NC(=O)C2CC2)c1. The van der Waals surface area contributed by atoms with E-state index in [9.17, 15) is 14.0 Å². The van der Waals surface area contributed by atoms with Gasteiger partial charge in [0.15, 0.2) is 0 Å². The Hall–Kier alpha value is -2.89. The van der Waals surface area contributed by atoms with Crippen molar-refractivity contribution in [1.29, 1.82) is 0 Å². The third kappa shape index (κ3) is 4.06. The van der Waals surface area contributed by atoms with Gasteiger partial charge in [-0.3, -0.25) is 9.59 Å². The van der Waals surface area contributed by atoms with E-state index in [1.807, 2.05) is 0 Å². The van der Waals surface area contributed by atoms with Gasteiger partial charge in [0, 0.05) is 17.7 Å². The maximum atomic E-state index is 13.7. The van der Waals surface area contributed by atoms with Crippen LogP contribution in [0.5, 0.6) is 0 Å². The molecule has 1 aromatic carbocycles. The van der Waals surface area contributed by atoms with Crippen molar-refractivity contribution >= 4 is 29.3 Å². The van der Waals surface area contributed by atoms with Crippen LogP contribution in [0.4, 0.5) is 15.8 Å². The lowest BCUT2D eigenvalue weighted by molar-refractivity contribution is -0.117. The molecule has 5 nitrogen and oxygen atoms in total. The lowest BCUT2D eigenvalue weighted by Crippen LogP contribution is -2.15. The van der Waals surface area contributed by atoms with Crippen molar-refractivity contribution in [2.45, 2.75) is 12.8 Å². The fraction of sp³-hybridized carbons (Fsp3) is 0.176. The summed E-state index contributed by atoms with van der Waals surface area (Å²) in [5.41, 5.74) is 0.460. The number of nitrogens with one attached hydrogen (secondary N) is 2. The lowest BCUT2D eigenvalue weighted by Gasteiger charge is -2.08. The van der Waals surface area contributed by atoms with Crippen LogP contribution in [0.3, 0.4) is 0 Å². The molecular formula is C17H15FN2O3. The Morgan fingerprint density at radius 1 is 1.22 bits per heavy atom. The summed E-state index contributed by atoms with van der Waals surface area (Å²) >= 11 is 0. The van der Waals surface area contributed by atoms with E-state index in [-0.39, 0.29) is 23.4 Å². The van der Waals surface area contributed by atoms with Crippen LogP contribution in [0.2, 0.25) is 0 Å². The maximum absolute atomic E-state index is 13.7. The molecule has 1 fully saturated rings. The number of hydrogen-bond acceptors (Lipinski definition) is 3. The molecule has 0 atom stereocenters. The number of hydrogen-bond donors (Lipinski definition) is 2. The van der Waals surface area contributed by atoms with Crippen LogP contribution in [0.15, 0.2) is 47.1 Å². The molecule has 3 rings (SSSR count). The molecule has 0 saturated heterocycles. The molecule has 0 bridgehead atoms. The topological polar surface area (TPSA) is 71.3 Å². The van der Waals surface area contributed by atoms with E-state index < -0.39 is 5.82 Å². The second-order valence-corrected chi connectivity index (χ2v) is 5.30. The van der Waals surface area contributed by atoms with Crippen LogP contribution in [0, 0.1) is 11.7 Å². The third-order valence-electron chi connectivity index (χ3n) is 3.38. The van der Waals surface area contributed by atoms with Crippen LogP contribution < -0.4 is 10.6 Å². The summed E-state index contributed by atoms with van der Waals surface area (Å²) in [6.45, 7) is 0. The molecule has 1 aliphatic carbocycles. The Kier molecular flexibility index (Phi) is 4.23. The number of rotatable bonds is 5. The van der Waals surface area contributed by atoms with Crippen molar-refractivity contribution in [3.8, 4) is 0 Å². The molecule has 0 unspecified atom stereocenters. The molecule has 1 heterocycles. The van der Waals surface area contributed by atoms with Crippen molar-refractivity contribution < 1.29 is 18.4 Å². The largest absolute Gasteiger partial charge is 0.465 e. The average Bonchev–Trinajstić information content (AvgIpc) is 3.25. The van der Waals surface area contributed by atoms with Crippen LogP contribution >= 0.6 is 0 Å². The first-order valence-corrected chi connectivity index (χ1v) is 7.25. The molecule has 0 aliphatic heterocycles. The first-order valence-electron chi connectivity index (χ1n) is 7.25. The highest BCUT2D eigenvalue weighted by Crippen LogP contribution is 2.31. The average molecular weight is 314 g/mol. The first-order chi connectivity index (χ1) is 11.1. The van der Waals surface area contributed by atoms with Gasteiger partial charge in [0.2, 0.25) is 11.8 Å². The number of halogens is 1. The summed E-state index contributed by atoms with van der Waals surface area (Å²) in [5, 5.41) is 5.15. The van der Waals surface area contributed by atoms with E-state index in [2.05, 4.69) is 10.6 Å². The van der Waals surface area contributed by atoms with Crippen molar-refractivity contribution in [3.05, 3.63) is 54.2 Å². The number of amides is 2. The molecule has 2 N–H and O–H groups in total. The summed E-state index contributed by atoms with van der Waals surface area (Å²) in [5.74, 6) is -0.582. The van der Waals surface area contributed by atoms with Gasteiger partial charge in [-0.05, 0) is 49.2 Å². The molecule has 118 valence electrons. The van der Waals surface area contributed by atoms with Gasteiger partial charge < -0.3 is 15.1 Å². The molecule has 0 radical (unpaired) electrons. The normalized spacial score (nSPS) is 14.0. The van der Waals surface area contributed by atoms with Gasteiger partial charge >= 0.3 is 0 Å². The predicted octanol–water partition coefficient (Wildman–Crippen LogP) is 3.42. The summed E-state index contributed by atoms with van der Waals surface area (Å²) < 4.78 is 18.8. The summed E-state index contributed by atoms with van der Waals surface area (Å²) in [6.07, 6.45) is 6.01. The molecule has 6 heteroatoms. The highest BCUT2D eigenvalue weighted by atomic mass is 19.1. The zero-order valence-electron chi connectivity index (χ0n) is 12.2. The molecular weight excluding hydrogens is 299 g/mol. The molecule has 2 amide bonds. The smallest absolute Gasteiger partial charge is 0.248 e. The molecule has 2 aromatic rings. The predicted molar refractivity (Wildman–Crippen MR) is 84.1 cm³/mol. The second-order valence-electron chi connectivity index (χ2n) is 5.30. The summed E-state index contributed by atoms with van der Waals surface area (Å²) in [4.78, 5) is 23.5. The number of carbonyl (C=O) groups is 2. The van der Waals surface area contributed by atoms with E-state index in [0.29, 0.717) is 11.4 Å². The first kappa shape index (κ1) is 15.0. The third-order valence-corrected chi connectivity index (χ3v) is 3.38. The van der Waals surface area contributed by atoms with Crippen LogP contribution in [0.1, 0.15) is 18.6 Å². The van der Waals surface area contributed by atoms with Gasteiger partial charge in [0.05, 0.1) is 12.0 Å². The Labute approximate surface area is 132 Å². The molecule has 1 aromatic heterocycles. The number of carbonyl (C=O) groups excluding carboxylic acids is 2.